The number of thioether (sulfide) groups is 1. The highest BCUT2D eigenvalue weighted by atomic mass is 127. The number of benzene rings is 1. The number of rotatable bonds is 1. The van der Waals surface area contributed by atoms with Crippen molar-refractivity contribution in [3.8, 4) is 5.75 Å². The molecule has 17 heavy (non-hydrogen) atoms. The quantitative estimate of drug-likeness (QED) is 0.362. The van der Waals surface area contributed by atoms with Gasteiger partial charge >= 0.3 is 0 Å². The topological polar surface area (TPSA) is 49.3 Å². The zero-order valence-corrected chi connectivity index (χ0v) is 14.1. The fourth-order valence-electron chi connectivity index (χ4n) is 1.24. The van der Waals surface area contributed by atoms with Crippen molar-refractivity contribution in [2.75, 3.05) is 0 Å². The van der Waals surface area contributed by atoms with Crippen molar-refractivity contribution >= 4 is 85.5 Å². The van der Waals surface area contributed by atoms with Gasteiger partial charge in [-0.1, -0.05) is 24.0 Å². The summed E-state index contributed by atoms with van der Waals surface area (Å²) < 4.78 is 1.99. The van der Waals surface area contributed by atoms with E-state index in [2.05, 4.69) is 50.5 Å². The van der Waals surface area contributed by atoms with Crippen LogP contribution < -0.4 is 5.32 Å². The molecular formula is C10H5I2NO2S2. The van der Waals surface area contributed by atoms with Gasteiger partial charge in [0.25, 0.3) is 5.91 Å². The Kier molecular flexibility index (Phi) is 4.31. The highest BCUT2D eigenvalue weighted by molar-refractivity contribution is 14.1. The Balaban J connectivity index is 2.40. The second-order valence-corrected chi connectivity index (χ2v) is 7.23. The van der Waals surface area contributed by atoms with Gasteiger partial charge in [-0.3, -0.25) is 4.79 Å². The van der Waals surface area contributed by atoms with Crippen molar-refractivity contribution in [3.63, 3.8) is 0 Å². The number of carbonyl (C=O) groups excluding carboxylic acids is 1. The summed E-state index contributed by atoms with van der Waals surface area (Å²) in [6.07, 6.45) is 1.77. The summed E-state index contributed by atoms with van der Waals surface area (Å²) >= 11 is 10.3. The molecule has 0 aliphatic carbocycles. The lowest BCUT2D eigenvalue weighted by atomic mass is 10.2. The van der Waals surface area contributed by atoms with Crippen LogP contribution in [0.4, 0.5) is 0 Å². The van der Waals surface area contributed by atoms with Crippen molar-refractivity contribution in [1.29, 1.82) is 0 Å². The van der Waals surface area contributed by atoms with E-state index in [1.165, 1.54) is 11.8 Å². The van der Waals surface area contributed by atoms with Gasteiger partial charge in [0, 0.05) is 0 Å². The number of hydrogen-bond acceptors (Lipinski definition) is 4. The molecule has 1 saturated heterocycles. The highest BCUT2D eigenvalue weighted by Gasteiger charge is 2.22. The summed E-state index contributed by atoms with van der Waals surface area (Å²) in [6, 6.07) is 3.64. The zero-order chi connectivity index (χ0) is 12.6. The molecule has 1 heterocycles. The molecule has 0 spiro atoms. The van der Waals surface area contributed by atoms with E-state index in [1.54, 1.807) is 6.08 Å². The summed E-state index contributed by atoms with van der Waals surface area (Å²) in [5.74, 6) is 0.102. The van der Waals surface area contributed by atoms with Crippen LogP contribution in [0.5, 0.6) is 5.75 Å². The van der Waals surface area contributed by atoms with Crippen LogP contribution in [0.15, 0.2) is 17.0 Å². The Hall–Kier alpha value is 0.130. The first kappa shape index (κ1) is 13.6. The minimum absolute atomic E-state index is 0.168. The lowest BCUT2D eigenvalue weighted by Crippen LogP contribution is -2.17. The molecule has 0 saturated carbocycles. The molecule has 2 N–H and O–H groups in total. The summed E-state index contributed by atoms with van der Waals surface area (Å²) in [5.41, 5.74) is 0.874. The average molecular weight is 489 g/mol. The number of thiocarbonyl (C=S) groups is 1. The third-order valence-electron chi connectivity index (χ3n) is 1.98. The summed E-state index contributed by atoms with van der Waals surface area (Å²) in [4.78, 5) is 12.1. The van der Waals surface area contributed by atoms with Crippen LogP contribution in [-0.4, -0.2) is 15.3 Å². The van der Waals surface area contributed by atoms with Crippen molar-refractivity contribution in [3.05, 3.63) is 29.7 Å². The second-order valence-electron chi connectivity index (χ2n) is 3.19. The Morgan fingerprint density at radius 3 is 2.41 bits per heavy atom. The molecule has 1 fully saturated rings. The van der Waals surface area contributed by atoms with Crippen molar-refractivity contribution < 1.29 is 9.90 Å². The van der Waals surface area contributed by atoms with Gasteiger partial charge in [0.2, 0.25) is 0 Å². The van der Waals surface area contributed by atoms with Crippen LogP contribution in [0.25, 0.3) is 6.08 Å². The number of nitrogens with one attached hydrogen (secondary N) is 1. The monoisotopic (exact) mass is 489 g/mol. The predicted octanol–water partition coefficient (Wildman–Crippen LogP) is 3.09. The maximum absolute atomic E-state index is 11.5. The van der Waals surface area contributed by atoms with Crippen LogP contribution in [0, 0.1) is 7.14 Å². The molecule has 0 radical (unpaired) electrons. The van der Waals surface area contributed by atoms with Crippen LogP contribution in [0.2, 0.25) is 0 Å². The number of hydrogen-bond donors (Lipinski definition) is 2. The van der Waals surface area contributed by atoms with Gasteiger partial charge in [0.05, 0.1) is 12.0 Å². The normalized spacial score (nSPS) is 17.6. The molecule has 1 aliphatic heterocycles. The standard InChI is InChI=1S/C10H5I2NO2S2/c11-5-1-4(2-6(12)8(5)14)3-7-9(15)13-10(16)17-7/h1-3,14H,(H,13,15,16)/b7-3-. The number of aromatic hydroxyl groups is 1. The highest BCUT2D eigenvalue weighted by Crippen LogP contribution is 2.31. The van der Waals surface area contributed by atoms with Crippen molar-refractivity contribution in [1.82, 2.24) is 5.32 Å². The SMILES string of the molecule is O=C1NC(=S)S/C1=C\c1cc(I)c(O)c(I)c1. The molecule has 7 heteroatoms. The Morgan fingerprint density at radius 1 is 1.35 bits per heavy atom. The van der Waals surface area contributed by atoms with Gasteiger partial charge in [-0.2, -0.15) is 0 Å². The fraction of sp³-hybridized carbons (Fsp3) is 0. The van der Waals surface area contributed by atoms with Crippen molar-refractivity contribution in [2.24, 2.45) is 0 Å². The van der Waals surface area contributed by atoms with Gasteiger partial charge in [0.1, 0.15) is 10.1 Å². The molecule has 88 valence electrons. The van der Waals surface area contributed by atoms with E-state index in [0.29, 0.717) is 9.23 Å². The lowest BCUT2D eigenvalue weighted by molar-refractivity contribution is -0.115. The van der Waals surface area contributed by atoms with E-state index in [-0.39, 0.29) is 11.7 Å². The Bertz CT molecular complexity index is 534. The van der Waals surface area contributed by atoms with E-state index in [9.17, 15) is 9.90 Å². The third kappa shape index (κ3) is 3.12. The minimum atomic E-state index is -0.168. The van der Waals surface area contributed by atoms with E-state index in [0.717, 1.165) is 12.7 Å². The molecule has 3 nitrogen and oxygen atoms in total. The van der Waals surface area contributed by atoms with Crippen molar-refractivity contribution in [2.45, 2.75) is 0 Å². The number of phenolic OH excluding ortho intramolecular Hbond substituents is 1. The number of amides is 1. The first-order chi connectivity index (χ1) is 7.97. The minimum Gasteiger partial charge on any atom is -0.506 e. The number of halogens is 2. The molecule has 0 unspecified atom stereocenters. The molecule has 2 rings (SSSR count). The Labute approximate surface area is 135 Å². The fourth-order valence-corrected chi connectivity index (χ4v) is 4.10. The van der Waals surface area contributed by atoms with E-state index in [4.69, 9.17) is 12.2 Å². The molecule has 0 bridgehead atoms. The maximum Gasteiger partial charge on any atom is 0.263 e. The summed E-state index contributed by atoms with van der Waals surface area (Å²) in [5, 5.41) is 12.2. The first-order valence-electron chi connectivity index (χ1n) is 4.40. The lowest BCUT2D eigenvalue weighted by Gasteiger charge is -2.02. The first-order valence-corrected chi connectivity index (χ1v) is 7.78. The van der Waals surface area contributed by atoms with E-state index in [1.807, 2.05) is 12.1 Å². The number of phenols is 1. The molecule has 1 aromatic rings. The molecule has 1 aliphatic rings. The Morgan fingerprint density at radius 2 is 1.94 bits per heavy atom. The summed E-state index contributed by atoms with van der Waals surface area (Å²) in [6.45, 7) is 0. The van der Waals surface area contributed by atoms with Crippen LogP contribution in [0.1, 0.15) is 5.56 Å². The van der Waals surface area contributed by atoms with Gasteiger partial charge < -0.3 is 10.4 Å². The summed E-state index contributed by atoms with van der Waals surface area (Å²) in [7, 11) is 0. The predicted molar refractivity (Wildman–Crippen MR) is 89.8 cm³/mol. The molecule has 1 amide bonds. The largest absolute Gasteiger partial charge is 0.506 e. The van der Waals surface area contributed by atoms with E-state index < -0.39 is 0 Å². The van der Waals surface area contributed by atoms with Crippen LogP contribution in [-0.2, 0) is 4.79 Å². The van der Waals surface area contributed by atoms with Crippen LogP contribution in [0.3, 0.4) is 0 Å². The second kappa shape index (κ2) is 5.41. The molecule has 1 aromatic carbocycles. The smallest absolute Gasteiger partial charge is 0.263 e. The van der Waals surface area contributed by atoms with Gasteiger partial charge in [-0.15, -0.1) is 0 Å². The third-order valence-corrected chi connectivity index (χ3v) is 4.79. The average Bonchev–Trinajstić information content (AvgIpc) is 2.54. The van der Waals surface area contributed by atoms with Gasteiger partial charge in [-0.05, 0) is 69.0 Å². The molecule has 0 atom stereocenters. The molecular weight excluding hydrogens is 484 g/mol. The van der Waals surface area contributed by atoms with Gasteiger partial charge in [0.15, 0.2) is 0 Å². The maximum atomic E-state index is 11.5. The zero-order valence-electron chi connectivity index (χ0n) is 8.16. The van der Waals surface area contributed by atoms with Crippen LogP contribution >= 0.6 is 69.2 Å². The van der Waals surface area contributed by atoms with Gasteiger partial charge in [-0.25, -0.2) is 0 Å². The number of carbonyl (C=O) groups is 1. The molecule has 0 aromatic heterocycles. The van der Waals surface area contributed by atoms with E-state index >= 15 is 0 Å².